The van der Waals surface area contributed by atoms with Gasteiger partial charge < -0.3 is 30.7 Å². The molecule has 0 aliphatic carbocycles. The molecule has 202 valence electrons. The lowest BCUT2D eigenvalue weighted by Gasteiger charge is -2.27. The first-order chi connectivity index (χ1) is 19.2. The first-order valence-corrected chi connectivity index (χ1v) is 13.2. The Kier molecular flexibility index (Phi) is 7.56. The number of morpholine rings is 1. The number of hydrogen-bond donors (Lipinski definition) is 3. The SMILES string of the molecule is Nc1ncc(-c2cc(Nc3cnc4ccccc4c3)nc(N3CCOCC3)n2)c(OCCN2CCNCC2)n1. The summed E-state index contributed by atoms with van der Waals surface area (Å²) < 4.78 is 11.7. The maximum absolute atomic E-state index is 6.15. The number of hydrogen-bond acceptors (Lipinski definition) is 12. The fraction of sp³-hybridized carbons (Fsp3) is 0.370. The van der Waals surface area contributed by atoms with Gasteiger partial charge in [-0.3, -0.25) is 9.88 Å². The van der Waals surface area contributed by atoms with Crippen LogP contribution in [0.25, 0.3) is 22.2 Å². The quantitative estimate of drug-likeness (QED) is 0.308. The van der Waals surface area contributed by atoms with E-state index >= 15 is 0 Å². The van der Waals surface area contributed by atoms with Crippen LogP contribution in [-0.4, -0.2) is 95.5 Å². The predicted molar refractivity (Wildman–Crippen MR) is 150 cm³/mol. The van der Waals surface area contributed by atoms with Crippen molar-refractivity contribution in [2.75, 3.05) is 81.6 Å². The lowest BCUT2D eigenvalue weighted by molar-refractivity contribution is 0.122. The van der Waals surface area contributed by atoms with Crippen molar-refractivity contribution in [2.24, 2.45) is 0 Å². The van der Waals surface area contributed by atoms with Gasteiger partial charge >= 0.3 is 0 Å². The molecule has 1 aromatic carbocycles. The van der Waals surface area contributed by atoms with Crippen molar-refractivity contribution in [1.29, 1.82) is 0 Å². The average molecular weight is 529 g/mol. The number of nitrogens with zero attached hydrogens (tertiary/aromatic N) is 7. The average Bonchev–Trinajstić information content (AvgIpc) is 2.98. The molecule has 6 rings (SSSR count). The second-order valence-corrected chi connectivity index (χ2v) is 9.47. The Morgan fingerprint density at radius 3 is 2.69 bits per heavy atom. The molecule has 0 bridgehead atoms. The molecule has 2 fully saturated rings. The van der Waals surface area contributed by atoms with Crippen LogP contribution in [0.15, 0.2) is 48.8 Å². The number of rotatable bonds is 8. The molecular formula is C27H32N10O2. The number of nitrogen functional groups attached to an aromatic ring is 1. The third-order valence-electron chi connectivity index (χ3n) is 6.78. The fourth-order valence-electron chi connectivity index (χ4n) is 4.70. The summed E-state index contributed by atoms with van der Waals surface area (Å²) in [5.74, 6) is 1.78. The minimum absolute atomic E-state index is 0.152. The maximum Gasteiger partial charge on any atom is 0.228 e. The summed E-state index contributed by atoms with van der Waals surface area (Å²) in [5.41, 5.74) is 9.00. The van der Waals surface area contributed by atoms with Crippen molar-refractivity contribution in [2.45, 2.75) is 0 Å². The lowest BCUT2D eigenvalue weighted by atomic mass is 10.2. The van der Waals surface area contributed by atoms with Crippen molar-refractivity contribution in [3.8, 4) is 17.1 Å². The number of nitrogens with one attached hydrogen (secondary N) is 2. The smallest absolute Gasteiger partial charge is 0.228 e. The van der Waals surface area contributed by atoms with Crippen molar-refractivity contribution in [3.63, 3.8) is 0 Å². The van der Waals surface area contributed by atoms with Crippen LogP contribution < -0.4 is 26.0 Å². The normalized spacial score (nSPS) is 16.4. The molecule has 2 saturated heterocycles. The first kappa shape index (κ1) is 25.2. The summed E-state index contributed by atoms with van der Waals surface area (Å²) in [6, 6.07) is 11.9. The minimum Gasteiger partial charge on any atom is -0.476 e. The van der Waals surface area contributed by atoms with Crippen LogP contribution in [-0.2, 0) is 4.74 Å². The molecule has 3 aromatic heterocycles. The molecule has 0 radical (unpaired) electrons. The van der Waals surface area contributed by atoms with E-state index in [1.807, 2.05) is 30.3 Å². The van der Waals surface area contributed by atoms with E-state index in [4.69, 9.17) is 25.2 Å². The molecule has 0 atom stereocenters. The summed E-state index contributed by atoms with van der Waals surface area (Å²) in [6.07, 6.45) is 3.46. The monoisotopic (exact) mass is 528 g/mol. The van der Waals surface area contributed by atoms with Crippen LogP contribution in [0.3, 0.4) is 0 Å². The van der Waals surface area contributed by atoms with E-state index in [2.05, 4.69) is 41.5 Å². The highest BCUT2D eigenvalue weighted by atomic mass is 16.5. The van der Waals surface area contributed by atoms with E-state index in [-0.39, 0.29) is 5.95 Å². The fourth-order valence-corrected chi connectivity index (χ4v) is 4.70. The zero-order chi connectivity index (χ0) is 26.4. The number of piperazine rings is 1. The van der Waals surface area contributed by atoms with Gasteiger partial charge in [-0.1, -0.05) is 18.2 Å². The van der Waals surface area contributed by atoms with Crippen LogP contribution in [0.1, 0.15) is 0 Å². The molecule has 5 heterocycles. The van der Waals surface area contributed by atoms with Gasteiger partial charge in [-0.05, 0) is 12.1 Å². The summed E-state index contributed by atoms with van der Waals surface area (Å²) >= 11 is 0. The van der Waals surface area contributed by atoms with Crippen molar-refractivity contribution in [3.05, 3.63) is 48.8 Å². The van der Waals surface area contributed by atoms with Gasteiger partial charge in [0.2, 0.25) is 17.8 Å². The summed E-state index contributed by atoms with van der Waals surface area (Å²) in [4.78, 5) is 27.4. The minimum atomic E-state index is 0.152. The second-order valence-electron chi connectivity index (χ2n) is 9.47. The number of ether oxygens (including phenoxy) is 2. The number of benzene rings is 1. The molecule has 0 unspecified atom stereocenters. The Bertz CT molecular complexity index is 1420. The number of para-hydroxylation sites is 1. The van der Waals surface area contributed by atoms with E-state index in [1.165, 1.54) is 0 Å². The van der Waals surface area contributed by atoms with E-state index < -0.39 is 0 Å². The Balaban J connectivity index is 1.31. The van der Waals surface area contributed by atoms with Gasteiger partial charge in [0.1, 0.15) is 12.4 Å². The predicted octanol–water partition coefficient (Wildman–Crippen LogP) is 1.93. The molecule has 2 aliphatic rings. The third kappa shape index (κ3) is 6.14. The van der Waals surface area contributed by atoms with Crippen molar-refractivity contribution < 1.29 is 9.47 Å². The van der Waals surface area contributed by atoms with E-state index in [9.17, 15) is 0 Å². The van der Waals surface area contributed by atoms with Crippen LogP contribution >= 0.6 is 0 Å². The molecule has 4 N–H and O–H groups in total. The Morgan fingerprint density at radius 1 is 0.974 bits per heavy atom. The van der Waals surface area contributed by atoms with Crippen LogP contribution in [0.4, 0.5) is 23.4 Å². The zero-order valence-electron chi connectivity index (χ0n) is 21.7. The van der Waals surface area contributed by atoms with Gasteiger partial charge in [-0.2, -0.15) is 9.97 Å². The Hall–Kier alpha value is -4.13. The van der Waals surface area contributed by atoms with E-state index in [0.29, 0.717) is 61.8 Å². The molecule has 39 heavy (non-hydrogen) atoms. The Labute approximate surface area is 226 Å². The topological polar surface area (TPSA) is 139 Å². The highest BCUT2D eigenvalue weighted by molar-refractivity contribution is 5.82. The van der Waals surface area contributed by atoms with Crippen LogP contribution in [0.5, 0.6) is 5.88 Å². The van der Waals surface area contributed by atoms with Crippen molar-refractivity contribution in [1.82, 2.24) is 35.1 Å². The molecule has 0 saturated carbocycles. The largest absolute Gasteiger partial charge is 0.476 e. The molecule has 12 nitrogen and oxygen atoms in total. The van der Waals surface area contributed by atoms with Crippen LogP contribution in [0, 0.1) is 0 Å². The third-order valence-corrected chi connectivity index (χ3v) is 6.78. The highest BCUT2D eigenvalue weighted by Crippen LogP contribution is 2.31. The van der Waals surface area contributed by atoms with Gasteiger partial charge in [0.05, 0.1) is 41.9 Å². The van der Waals surface area contributed by atoms with Gasteiger partial charge in [0, 0.05) is 63.5 Å². The number of nitrogens with two attached hydrogens (primary N) is 1. The number of fused-ring (bicyclic) bond motifs is 1. The molecule has 4 aromatic rings. The van der Waals surface area contributed by atoms with Gasteiger partial charge in [-0.15, -0.1) is 0 Å². The zero-order valence-corrected chi connectivity index (χ0v) is 21.7. The van der Waals surface area contributed by atoms with Crippen LogP contribution in [0.2, 0.25) is 0 Å². The van der Waals surface area contributed by atoms with Gasteiger partial charge in [0.25, 0.3) is 0 Å². The van der Waals surface area contributed by atoms with E-state index in [0.717, 1.165) is 49.3 Å². The van der Waals surface area contributed by atoms with Gasteiger partial charge in [0.15, 0.2) is 0 Å². The van der Waals surface area contributed by atoms with Crippen molar-refractivity contribution >= 4 is 34.3 Å². The number of aromatic nitrogens is 5. The molecular weight excluding hydrogens is 496 g/mol. The standard InChI is InChI=1S/C27H32N10O2/c28-26-31-18-21(25(35-26)39-14-9-36-7-5-29-6-8-36)23-16-24(34-27(33-23)37-10-12-38-13-11-37)32-20-15-19-3-1-2-4-22(19)30-17-20/h1-4,15-18,29H,5-14H2,(H2,28,31,35)(H,32,33,34). The molecule has 0 spiro atoms. The first-order valence-electron chi connectivity index (χ1n) is 13.2. The highest BCUT2D eigenvalue weighted by Gasteiger charge is 2.20. The maximum atomic E-state index is 6.15. The number of anilines is 4. The summed E-state index contributed by atoms with van der Waals surface area (Å²) in [5, 5.41) is 7.82. The Morgan fingerprint density at radius 2 is 1.82 bits per heavy atom. The molecule has 2 aliphatic heterocycles. The van der Waals surface area contributed by atoms with E-state index in [1.54, 1.807) is 12.4 Å². The molecule has 12 heteroatoms. The van der Waals surface area contributed by atoms with Gasteiger partial charge in [-0.25, -0.2) is 9.97 Å². The summed E-state index contributed by atoms with van der Waals surface area (Å²) in [6.45, 7) is 7.89. The second kappa shape index (κ2) is 11.7. The molecule has 0 amide bonds. The lowest BCUT2D eigenvalue weighted by Crippen LogP contribution is -2.44. The number of pyridine rings is 1. The summed E-state index contributed by atoms with van der Waals surface area (Å²) in [7, 11) is 0.